The number of amides is 2. The van der Waals surface area contributed by atoms with E-state index in [1.807, 2.05) is 6.07 Å². The molecule has 0 bridgehead atoms. The highest BCUT2D eigenvalue weighted by atomic mass is 35.5. The van der Waals surface area contributed by atoms with Gasteiger partial charge in [0.1, 0.15) is 4.88 Å². The molecule has 0 unspecified atom stereocenters. The van der Waals surface area contributed by atoms with Crippen molar-refractivity contribution in [1.29, 1.82) is 0 Å². The van der Waals surface area contributed by atoms with E-state index < -0.39 is 5.91 Å². The molecule has 1 saturated heterocycles. The Morgan fingerprint density at radius 3 is 2.48 bits per heavy atom. The van der Waals surface area contributed by atoms with Crippen LogP contribution < -0.4 is 16.0 Å². The molecule has 9 heteroatoms. The summed E-state index contributed by atoms with van der Waals surface area (Å²) < 4.78 is 0.725. The summed E-state index contributed by atoms with van der Waals surface area (Å²) in [7, 11) is 0. The highest BCUT2D eigenvalue weighted by Crippen LogP contribution is 2.42. The molecule has 0 saturated carbocycles. The minimum absolute atomic E-state index is 0.276. The molecule has 1 fully saturated rings. The molecule has 3 aromatic rings. The minimum Gasteiger partial charge on any atom is -0.370 e. The standard InChI is InChI=1S/C20H16Cl3N3O2S/c21-11-8-12(22)16-15(9-11)29-18(17(16)23)20(28)25-13-7-10(19(24)27)3-4-14(13)26-5-1-2-6-26/h3-4,7-9H,1-2,5-6H2,(H2,24,27)(H,25,28). The molecule has 0 aliphatic carbocycles. The van der Waals surface area contributed by atoms with E-state index in [4.69, 9.17) is 40.5 Å². The zero-order valence-electron chi connectivity index (χ0n) is 15.1. The van der Waals surface area contributed by atoms with Crippen molar-refractivity contribution in [3.8, 4) is 0 Å². The maximum absolute atomic E-state index is 13.1. The molecule has 2 amide bonds. The summed E-state index contributed by atoms with van der Waals surface area (Å²) in [5.74, 6) is -0.944. The summed E-state index contributed by atoms with van der Waals surface area (Å²) in [6.45, 7) is 1.77. The van der Waals surface area contributed by atoms with Crippen molar-refractivity contribution in [2.45, 2.75) is 12.8 Å². The first kappa shape index (κ1) is 20.3. The maximum Gasteiger partial charge on any atom is 0.267 e. The van der Waals surface area contributed by atoms with Gasteiger partial charge < -0.3 is 16.0 Å². The highest BCUT2D eigenvalue weighted by Gasteiger charge is 2.23. The SMILES string of the molecule is NC(=O)c1ccc(N2CCCC2)c(NC(=O)c2sc3cc(Cl)cc(Cl)c3c2Cl)c1. The van der Waals surface area contributed by atoms with E-state index >= 15 is 0 Å². The number of carbonyl (C=O) groups is 2. The Morgan fingerprint density at radius 1 is 1.07 bits per heavy atom. The van der Waals surface area contributed by atoms with Crippen LogP contribution in [0.3, 0.4) is 0 Å². The van der Waals surface area contributed by atoms with Gasteiger partial charge in [-0.25, -0.2) is 0 Å². The second-order valence-corrected chi connectivity index (χ2v) is 9.02. The Kier molecular flexibility index (Phi) is 5.62. The van der Waals surface area contributed by atoms with Gasteiger partial charge in [0, 0.05) is 33.8 Å². The lowest BCUT2D eigenvalue weighted by Gasteiger charge is -2.22. The largest absolute Gasteiger partial charge is 0.370 e. The lowest BCUT2D eigenvalue weighted by Crippen LogP contribution is -2.22. The van der Waals surface area contributed by atoms with E-state index in [0.717, 1.165) is 36.3 Å². The second kappa shape index (κ2) is 8.03. The molecule has 1 aliphatic rings. The number of hydrogen-bond donors (Lipinski definition) is 2. The first-order chi connectivity index (χ1) is 13.8. The fourth-order valence-electron chi connectivity index (χ4n) is 3.46. The number of carbonyl (C=O) groups excluding carboxylic acids is 2. The molecule has 0 radical (unpaired) electrons. The summed E-state index contributed by atoms with van der Waals surface area (Å²) in [6.07, 6.45) is 2.15. The van der Waals surface area contributed by atoms with Crippen molar-refractivity contribution in [1.82, 2.24) is 0 Å². The Bertz CT molecular complexity index is 1140. The monoisotopic (exact) mass is 467 g/mol. The van der Waals surface area contributed by atoms with Crippen LogP contribution in [0.4, 0.5) is 11.4 Å². The topological polar surface area (TPSA) is 75.4 Å². The van der Waals surface area contributed by atoms with E-state index in [-0.39, 0.29) is 10.9 Å². The van der Waals surface area contributed by atoms with Gasteiger partial charge in [0.25, 0.3) is 5.91 Å². The van der Waals surface area contributed by atoms with Crippen molar-refractivity contribution in [2.75, 3.05) is 23.3 Å². The van der Waals surface area contributed by atoms with Gasteiger partial charge in [-0.3, -0.25) is 9.59 Å². The molecule has 4 rings (SSSR count). The number of halogens is 3. The predicted molar refractivity (Wildman–Crippen MR) is 121 cm³/mol. The number of anilines is 2. The molecule has 2 aromatic carbocycles. The molecule has 3 N–H and O–H groups in total. The third-order valence-electron chi connectivity index (χ3n) is 4.83. The van der Waals surface area contributed by atoms with Crippen LogP contribution >= 0.6 is 46.1 Å². The number of nitrogens with two attached hydrogens (primary N) is 1. The van der Waals surface area contributed by atoms with E-state index in [1.54, 1.807) is 24.3 Å². The molecule has 0 atom stereocenters. The smallest absolute Gasteiger partial charge is 0.267 e. The van der Waals surface area contributed by atoms with Gasteiger partial charge in [-0.2, -0.15) is 0 Å². The van der Waals surface area contributed by atoms with Crippen LogP contribution in [0.2, 0.25) is 15.1 Å². The molecule has 1 aliphatic heterocycles. The predicted octanol–water partition coefficient (Wildman–Crippen LogP) is 5.81. The molecule has 150 valence electrons. The molecule has 0 spiro atoms. The zero-order chi connectivity index (χ0) is 20.7. The third-order valence-corrected chi connectivity index (χ3v) is 6.97. The van der Waals surface area contributed by atoms with Crippen molar-refractivity contribution < 1.29 is 9.59 Å². The fourth-order valence-corrected chi connectivity index (χ4v) is 5.73. The first-order valence-corrected chi connectivity index (χ1v) is 10.9. The summed E-state index contributed by atoms with van der Waals surface area (Å²) in [5.41, 5.74) is 7.11. The number of nitrogens with zero attached hydrogens (tertiary/aromatic N) is 1. The third kappa shape index (κ3) is 3.90. The van der Waals surface area contributed by atoms with Crippen LogP contribution in [-0.2, 0) is 0 Å². The van der Waals surface area contributed by atoms with Crippen molar-refractivity contribution >= 4 is 79.4 Å². The number of thiophene rings is 1. The van der Waals surface area contributed by atoms with Gasteiger partial charge in [-0.15, -0.1) is 11.3 Å². The maximum atomic E-state index is 13.1. The quantitative estimate of drug-likeness (QED) is 0.507. The first-order valence-electron chi connectivity index (χ1n) is 8.92. The Labute approximate surface area is 186 Å². The van der Waals surface area contributed by atoms with Gasteiger partial charge in [0.15, 0.2) is 0 Å². The lowest BCUT2D eigenvalue weighted by molar-refractivity contribution is 0.0996. The average Bonchev–Trinajstić information content (AvgIpc) is 3.29. The number of benzene rings is 2. The summed E-state index contributed by atoms with van der Waals surface area (Å²) in [6, 6.07) is 8.38. The van der Waals surface area contributed by atoms with Crippen molar-refractivity contribution in [3.63, 3.8) is 0 Å². The van der Waals surface area contributed by atoms with E-state index in [9.17, 15) is 9.59 Å². The Morgan fingerprint density at radius 2 is 1.79 bits per heavy atom. The van der Waals surface area contributed by atoms with Crippen LogP contribution in [0.15, 0.2) is 30.3 Å². The second-order valence-electron chi connectivity index (χ2n) is 6.75. The van der Waals surface area contributed by atoms with E-state index in [0.29, 0.717) is 31.6 Å². The number of rotatable bonds is 4. The normalized spacial score (nSPS) is 13.8. The Balaban J connectivity index is 1.73. The van der Waals surface area contributed by atoms with E-state index in [1.165, 1.54) is 11.3 Å². The number of nitrogens with one attached hydrogen (secondary N) is 1. The van der Waals surface area contributed by atoms with Crippen molar-refractivity contribution in [3.05, 3.63) is 55.8 Å². The molecular formula is C20H16Cl3N3O2S. The van der Waals surface area contributed by atoms with Crippen LogP contribution in [0.25, 0.3) is 10.1 Å². The average molecular weight is 469 g/mol. The number of fused-ring (bicyclic) bond motifs is 1. The molecule has 5 nitrogen and oxygen atoms in total. The summed E-state index contributed by atoms with van der Waals surface area (Å²) in [5, 5.41) is 4.63. The van der Waals surface area contributed by atoms with Crippen LogP contribution in [0, 0.1) is 0 Å². The highest BCUT2D eigenvalue weighted by molar-refractivity contribution is 7.21. The number of hydrogen-bond acceptors (Lipinski definition) is 4. The Hall–Kier alpha value is -1.99. The molecule has 2 heterocycles. The molecule has 29 heavy (non-hydrogen) atoms. The summed E-state index contributed by atoms with van der Waals surface area (Å²) >= 11 is 20.0. The van der Waals surface area contributed by atoms with Crippen LogP contribution in [0.5, 0.6) is 0 Å². The zero-order valence-corrected chi connectivity index (χ0v) is 18.2. The fraction of sp³-hybridized carbons (Fsp3) is 0.200. The van der Waals surface area contributed by atoms with Gasteiger partial charge >= 0.3 is 0 Å². The summed E-state index contributed by atoms with van der Waals surface area (Å²) in [4.78, 5) is 27.2. The number of primary amides is 1. The lowest BCUT2D eigenvalue weighted by atomic mass is 10.1. The molecular weight excluding hydrogens is 453 g/mol. The van der Waals surface area contributed by atoms with Gasteiger partial charge in [-0.1, -0.05) is 34.8 Å². The van der Waals surface area contributed by atoms with Crippen LogP contribution in [-0.4, -0.2) is 24.9 Å². The molecule has 1 aromatic heterocycles. The van der Waals surface area contributed by atoms with Crippen molar-refractivity contribution in [2.24, 2.45) is 5.73 Å². The minimum atomic E-state index is -0.560. The van der Waals surface area contributed by atoms with Gasteiger partial charge in [0.05, 0.1) is 21.4 Å². The van der Waals surface area contributed by atoms with Gasteiger partial charge in [-0.05, 0) is 43.2 Å². The van der Waals surface area contributed by atoms with E-state index in [2.05, 4.69) is 10.2 Å². The van der Waals surface area contributed by atoms with Gasteiger partial charge in [0.2, 0.25) is 5.91 Å². The van der Waals surface area contributed by atoms with Crippen LogP contribution in [0.1, 0.15) is 32.9 Å².